The second-order valence-electron chi connectivity index (χ2n) is 5.47. The summed E-state index contributed by atoms with van der Waals surface area (Å²) >= 11 is 1.51. The number of nitrogens with one attached hydrogen (secondary N) is 1. The molecule has 1 N–H and O–H groups in total. The van der Waals surface area contributed by atoms with Crippen molar-refractivity contribution < 1.29 is 4.79 Å². The molecule has 4 nitrogen and oxygen atoms in total. The summed E-state index contributed by atoms with van der Waals surface area (Å²) in [4.78, 5) is 21.7. The van der Waals surface area contributed by atoms with E-state index in [0.717, 1.165) is 23.5 Å². The van der Waals surface area contributed by atoms with Gasteiger partial charge in [0, 0.05) is 11.6 Å². The SMILES string of the molecule is O=C(Nc1cnc2c(c1)CCC2)c1cnc(C2CC2)s1. The molecular formula is C15H15N3OS. The molecular weight excluding hydrogens is 270 g/mol. The van der Waals surface area contributed by atoms with E-state index in [1.807, 2.05) is 0 Å². The maximum absolute atomic E-state index is 12.2. The molecule has 0 atom stereocenters. The van der Waals surface area contributed by atoms with Crippen LogP contribution in [0.1, 0.15) is 51.1 Å². The lowest BCUT2D eigenvalue weighted by atomic mass is 10.2. The third-order valence-corrected chi connectivity index (χ3v) is 5.01. The van der Waals surface area contributed by atoms with Crippen molar-refractivity contribution in [1.29, 1.82) is 0 Å². The first-order chi connectivity index (χ1) is 9.79. The zero-order valence-electron chi connectivity index (χ0n) is 11.1. The molecule has 0 saturated heterocycles. The highest BCUT2D eigenvalue weighted by Gasteiger charge is 2.27. The molecule has 1 fully saturated rings. The van der Waals surface area contributed by atoms with E-state index in [-0.39, 0.29) is 5.91 Å². The summed E-state index contributed by atoms with van der Waals surface area (Å²) in [5, 5.41) is 4.03. The van der Waals surface area contributed by atoms with E-state index in [9.17, 15) is 4.79 Å². The smallest absolute Gasteiger partial charge is 0.267 e. The summed E-state index contributed by atoms with van der Waals surface area (Å²) in [6, 6.07) is 2.05. The molecule has 0 radical (unpaired) electrons. The van der Waals surface area contributed by atoms with Gasteiger partial charge in [-0.1, -0.05) is 0 Å². The first-order valence-electron chi connectivity index (χ1n) is 7.04. The predicted octanol–water partition coefficient (Wildman–Crippen LogP) is 3.16. The Morgan fingerprint density at radius 3 is 3.00 bits per heavy atom. The van der Waals surface area contributed by atoms with Crippen LogP contribution in [0.2, 0.25) is 0 Å². The van der Waals surface area contributed by atoms with Crippen LogP contribution >= 0.6 is 11.3 Å². The minimum absolute atomic E-state index is 0.0749. The lowest BCUT2D eigenvalue weighted by molar-refractivity contribution is 0.103. The van der Waals surface area contributed by atoms with E-state index in [2.05, 4.69) is 21.4 Å². The first kappa shape index (κ1) is 12.0. The van der Waals surface area contributed by atoms with Gasteiger partial charge in [-0.2, -0.15) is 0 Å². The molecule has 1 amide bonds. The fourth-order valence-electron chi connectivity index (χ4n) is 2.60. The molecule has 2 aliphatic carbocycles. The zero-order valence-corrected chi connectivity index (χ0v) is 11.9. The van der Waals surface area contributed by atoms with Crippen LogP contribution in [-0.2, 0) is 12.8 Å². The average Bonchev–Trinajstić information content (AvgIpc) is 3.01. The first-order valence-corrected chi connectivity index (χ1v) is 7.86. The predicted molar refractivity (Wildman–Crippen MR) is 78.3 cm³/mol. The van der Waals surface area contributed by atoms with Gasteiger partial charge in [-0.05, 0) is 43.7 Å². The number of aryl methyl sites for hydroxylation is 2. The summed E-state index contributed by atoms with van der Waals surface area (Å²) in [7, 11) is 0. The number of thiazole rings is 1. The van der Waals surface area contributed by atoms with Crippen LogP contribution in [0.15, 0.2) is 18.5 Å². The number of aromatic nitrogens is 2. The van der Waals surface area contributed by atoms with Crippen LogP contribution in [0.4, 0.5) is 5.69 Å². The largest absolute Gasteiger partial charge is 0.320 e. The van der Waals surface area contributed by atoms with Crippen LogP contribution in [-0.4, -0.2) is 15.9 Å². The van der Waals surface area contributed by atoms with Gasteiger partial charge in [0.1, 0.15) is 4.88 Å². The second kappa shape index (κ2) is 4.66. The van der Waals surface area contributed by atoms with E-state index < -0.39 is 0 Å². The Balaban J connectivity index is 1.51. The number of anilines is 1. The normalized spacial score (nSPS) is 17.0. The Labute approximate surface area is 121 Å². The summed E-state index contributed by atoms with van der Waals surface area (Å²) in [6.45, 7) is 0. The molecule has 1 saturated carbocycles. The summed E-state index contributed by atoms with van der Waals surface area (Å²) < 4.78 is 0. The Morgan fingerprint density at radius 1 is 1.25 bits per heavy atom. The van der Waals surface area contributed by atoms with Gasteiger partial charge in [0.25, 0.3) is 5.91 Å². The van der Waals surface area contributed by atoms with Crippen molar-refractivity contribution >= 4 is 22.9 Å². The van der Waals surface area contributed by atoms with Gasteiger partial charge in [0.05, 0.1) is 23.1 Å². The number of nitrogens with zero attached hydrogens (tertiary/aromatic N) is 2. The standard InChI is InChI=1S/C15H15N3OS/c19-14(13-8-17-15(20-13)9-4-5-9)18-11-6-10-2-1-3-12(10)16-7-11/h6-9H,1-5H2,(H,18,19). The second-order valence-corrected chi connectivity index (χ2v) is 6.54. The van der Waals surface area contributed by atoms with Crippen LogP contribution in [0.3, 0.4) is 0 Å². The van der Waals surface area contributed by atoms with E-state index in [4.69, 9.17) is 0 Å². The molecule has 2 heterocycles. The van der Waals surface area contributed by atoms with E-state index in [1.54, 1.807) is 12.4 Å². The van der Waals surface area contributed by atoms with Crippen molar-refractivity contribution in [2.24, 2.45) is 0 Å². The summed E-state index contributed by atoms with van der Waals surface area (Å²) in [6.07, 6.45) is 9.16. The van der Waals surface area contributed by atoms with Crippen molar-refractivity contribution in [3.8, 4) is 0 Å². The number of pyridine rings is 1. The van der Waals surface area contributed by atoms with E-state index in [1.165, 1.54) is 41.9 Å². The van der Waals surface area contributed by atoms with E-state index in [0.29, 0.717) is 10.8 Å². The van der Waals surface area contributed by atoms with Crippen molar-refractivity contribution in [2.75, 3.05) is 5.32 Å². The monoisotopic (exact) mass is 285 g/mol. The van der Waals surface area contributed by atoms with Crippen molar-refractivity contribution in [2.45, 2.75) is 38.0 Å². The zero-order chi connectivity index (χ0) is 13.5. The number of carbonyl (C=O) groups is 1. The van der Waals surface area contributed by atoms with Crippen LogP contribution in [0.5, 0.6) is 0 Å². The maximum atomic E-state index is 12.2. The molecule has 2 aromatic rings. The van der Waals surface area contributed by atoms with Gasteiger partial charge in [-0.15, -0.1) is 11.3 Å². The fraction of sp³-hybridized carbons (Fsp3) is 0.400. The van der Waals surface area contributed by atoms with Gasteiger partial charge in [0.2, 0.25) is 0 Å². The Bertz CT molecular complexity index is 676. The highest BCUT2D eigenvalue weighted by atomic mass is 32.1. The summed E-state index contributed by atoms with van der Waals surface area (Å²) in [5.74, 6) is 0.525. The number of fused-ring (bicyclic) bond motifs is 1. The lowest BCUT2D eigenvalue weighted by Gasteiger charge is -2.05. The van der Waals surface area contributed by atoms with Crippen LogP contribution in [0.25, 0.3) is 0 Å². The third-order valence-electron chi connectivity index (χ3n) is 3.85. The van der Waals surface area contributed by atoms with Gasteiger partial charge < -0.3 is 5.32 Å². The lowest BCUT2D eigenvalue weighted by Crippen LogP contribution is -2.10. The maximum Gasteiger partial charge on any atom is 0.267 e. The quantitative estimate of drug-likeness (QED) is 0.942. The van der Waals surface area contributed by atoms with Crippen molar-refractivity contribution in [3.63, 3.8) is 0 Å². The van der Waals surface area contributed by atoms with Crippen molar-refractivity contribution in [3.05, 3.63) is 39.6 Å². The summed E-state index contributed by atoms with van der Waals surface area (Å²) in [5.41, 5.74) is 3.24. The number of hydrogen-bond donors (Lipinski definition) is 1. The van der Waals surface area contributed by atoms with Crippen LogP contribution < -0.4 is 5.32 Å². The third kappa shape index (κ3) is 2.22. The molecule has 102 valence electrons. The Hall–Kier alpha value is -1.75. The van der Waals surface area contributed by atoms with Crippen LogP contribution in [0, 0.1) is 0 Å². The molecule has 0 bridgehead atoms. The molecule has 2 aromatic heterocycles. The average molecular weight is 285 g/mol. The minimum atomic E-state index is -0.0749. The van der Waals surface area contributed by atoms with Gasteiger partial charge in [-0.3, -0.25) is 9.78 Å². The topological polar surface area (TPSA) is 54.9 Å². The Morgan fingerprint density at radius 2 is 2.15 bits per heavy atom. The molecule has 0 spiro atoms. The molecule has 5 heteroatoms. The molecule has 0 unspecified atom stereocenters. The fourth-order valence-corrected chi connectivity index (χ4v) is 3.58. The Kier molecular flexibility index (Phi) is 2.80. The molecule has 0 aromatic carbocycles. The highest BCUT2D eigenvalue weighted by Crippen LogP contribution is 2.41. The molecule has 2 aliphatic rings. The molecule has 0 aliphatic heterocycles. The molecule has 20 heavy (non-hydrogen) atoms. The molecule has 4 rings (SSSR count). The number of hydrogen-bond acceptors (Lipinski definition) is 4. The van der Waals surface area contributed by atoms with Crippen molar-refractivity contribution in [1.82, 2.24) is 9.97 Å². The van der Waals surface area contributed by atoms with E-state index >= 15 is 0 Å². The highest BCUT2D eigenvalue weighted by molar-refractivity contribution is 7.13. The minimum Gasteiger partial charge on any atom is -0.320 e. The van der Waals surface area contributed by atoms with Gasteiger partial charge in [-0.25, -0.2) is 4.98 Å². The number of rotatable bonds is 3. The number of carbonyl (C=O) groups excluding carboxylic acids is 1. The number of amides is 1. The van der Waals surface area contributed by atoms with Gasteiger partial charge >= 0.3 is 0 Å². The van der Waals surface area contributed by atoms with Gasteiger partial charge in [0.15, 0.2) is 0 Å².